The van der Waals surface area contributed by atoms with Gasteiger partial charge in [-0.05, 0) is 50.4 Å². The van der Waals surface area contributed by atoms with Crippen molar-refractivity contribution in [1.29, 1.82) is 0 Å². The van der Waals surface area contributed by atoms with E-state index < -0.39 is 0 Å². The van der Waals surface area contributed by atoms with Crippen LogP contribution in [0.3, 0.4) is 0 Å². The molecule has 1 aromatic rings. The number of methoxy groups -OCH3 is 1. The first-order valence-electron chi connectivity index (χ1n) is 3.01. The number of nitrogens with zero attached hydrogens (tertiary/aromatic N) is 1. The Morgan fingerprint density at radius 1 is 1.36 bits per heavy atom. The van der Waals surface area contributed by atoms with Crippen LogP contribution in [-0.4, -0.2) is 12.1 Å². The van der Waals surface area contributed by atoms with Crippen LogP contribution in [-0.2, 0) is 0 Å². The van der Waals surface area contributed by atoms with Crippen molar-refractivity contribution in [1.82, 2.24) is 4.98 Å². The molecule has 1 heterocycles. The Labute approximate surface area is 82.2 Å². The van der Waals surface area contributed by atoms with E-state index in [1.807, 2.05) is 13.0 Å². The Morgan fingerprint density at radius 3 is 2.55 bits per heavy atom. The second kappa shape index (κ2) is 3.54. The van der Waals surface area contributed by atoms with Gasteiger partial charge in [0.05, 0.1) is 7.11 Å². The first-order valence-corrected chi connectivity index (χ1v) is 4.60. The van der Waals surface area contributed by atoms with E-state index in [-0.39, 0.29) is 0 Å². The monoisotopic (exact) mass is 279 g/mol. The summed E-state index contributed by atoms with van der Waals surface area (Å²) in [7, 11) is 1.62. The summed E-state index contributed by atoms with van der Waals surface area (Å²) in [6.07, 6.45) is 0. The summed E-state index contributed by atoms with van der Waals surface area (Å²) < 4.78 is 6.61. The van der Waals surface area contributed by atoms with Gasteiger partial charge in [0.1, 0.15) is 9.21 Å². The van der Waals surface area contributed by atoms with Gasteiger partial charge >= 0.3 is 0 Å². The highest BCUT2D eigenvalue weighted by atomic mass is 79.9. The van der Waals surface area contributed by atoms with E-state index in [0.29, 0.717) is 0 Å². The Balaban J connectivity index is 3.21. The molecule has 0 bridgehead atoms. The summed E-state index contributed by atoms with van der Waals surface area (Å²) in [6, 6.07) is 1.92. The summed E-state index contributed by atoms with van der Waals surface area (Å²) in [5.74, 6) is 0.755. The van der Waals surface area contributed by atoms with Crippen molar-refractivity contribution >= 4 is 31.9 Å². The molecule has 0 amide bonds. The van der Waals surface area contributed by atoms with E-state index in [1.165, 1.54) is 0 Å². The van der Waals surface area contributed by atoms with Crippen molar-refractivity contribution in [2.24, 2.45) is 0 Å². The van der Waals surface area contributed by atoms with E-state index in [4.69, 9.17) is 4.74 Å². The molecule has 0 saturated carbocycles. The van der Waals surface area contributed by atoms with E-state index >= 15 is 0 Å². The minimum absolute atomic E-state index is 0.720. The van der Waals surface area contributed by atoms with Crippen LogP contribution in [0.1, 0.15) is 5.56 Å². The zero-order valence-corrected chi connectivity index (χ0v) is 9.36. The quantitative estimate of drug-likeness (QED) is 0.738. The predicted molar refractivity (Wildman–Crippen MR) is 50.9 cm³/mol. The summed E-state index contributed by atoms with van der Waals surface area (Å²) in [4.78, 5) is 4.15. The van der Waals surface area contributed by atoms with Gasteiger partial charge in [-0.25, -0.2) is 4.98 Å². The first-order chi connectivity index (χ1) is 5.15. The number of ether oxygens (including phenoxy) is 1. The van der Waals surface area contributed by atoms with Gasteiger partial charge in [0, 0.05) is 0 Å². The zero-order chi connectivity index (χ0) is 8.43. The summed E-state index contributed by atoms with van der Waals surface area (Å²) in [6.45, 7) is 1.96. The number of aromatic nitrogens is 1. The van der Waals surface area contributed by atoms with Gasteiger partial charge in [-0.1, -0.05) is 0 Å². The molecule has 4 heteroatoms. The Hall–Kier alpha value is -0.0900. The largest absolute Gasteiger partial charge is 0.494 e. The lowest BCUT2D eigenvalue weighted by molar-refractivity contribution is 0.409. The van der Waals surface area contributed by atoms with E-state index in [0.717, 1.165) is 20.5 Å². The number of halogens is 2. The van der Waals surface area contributed by atoms with Gasteiger partial charge in [-0.15, -0.1) is 0 Å². The summed E-state index contributed by atoms with van der Waals surface area (Å²) in [5.41, 5.74) is 1.06. The van der Waals surface area contributed by atoms with Crippen LogP contribution in [0.5, 0.6) is 5.75 Å². The number of hydrogen-bond acceptors (Lipinski definition) is 2. The molecule has 11 heavy (non-hydrogen) atoms. The molecule has 0 saturated heterocycles. The SMILES string of the molecule is COc1cc(C)c(Br)nc1Br. The van der Waals surface area contributed by atoms with E-state index in [2.05, 4.69) is 36.8 Å². The van der Waals surface area contributed by atoms with Crippen molar-refractivity contribution in [2.75, 3.05) is 7.11 Å². The number of aryl methyl sites for hydroxylation is 1. The second-order valence-corrected chi connectivity index (χ2v) is 3.59. The number of hydrogen-bond donors (Lipinski definition) is 0. The van der Waals surface area contributed by atoms with E-state index in [1.54, 1.807) is 7.11 Å². The fraction of sp³-hybridized carbons (Fsp3) is 0.286. The molecule has 2 nitrogen and oxygen atoms in total. The molecule has 0 N–H and O–H groups in total. The minimum atomic E-state index is 0.720. The fourth-order valence-electron chi connectivity index (χ4n) is 0.688. The van der Waals surface area contributed by atoms with Gasteiger partial charge in [0.2, 0.25) is 0 Å². The highest BCUT2D eigenvalue weighted by molar-refractivity contribution is 9.11. The van der Waals surface area contributed by atoms with Crippen molar-refractivity contribution in [3.05, 3.63) is 20.8 Å². The molecule has 0 aliphatic rings. The molecule has 60 valence electrons. The van der Waals surface area contributed by atoms with Crippen LogP contribution in [0.4, 0.5) is 0 Å². The lowest BCUT2D eigenvalue weighted by Gasteiger charge is -2.04. The van der Waals surface area contributed by atoms with Crippen molar-refractivity contribution < 1.29 is 4.74 Å². The maximum absolute atomic E-state index is 5.05. The zero-order valence-electron chi connectivity index (χ0n) is 6.19. The second-order valence-electron chi connectivity index (χ2n) is 2.09. The number of pyridine rings is 1. The minimum Gasteiger partial charge on any atom is -0.494 e. The predicted octanol–water partition coefficient (Wildman–Crippen LogP) is 2.92. The van der Waals surface area contributed by atoms with Gasteiger partial charge in [-0.2, -0.15) is 0 Å². The van der Waals surface area contributed by atoms with Crippen LogP contribution in [0.25, 0.3) is 0 Å². The molecule has 1 aromatic heterocycles. The third kappa shape index (κ3) is 1.93. The fourth-order valence-corrected chi connectivity index (χ4v) is 1.67. The molecular formula is C7H7Br2NO. The van der Waals surface area contributed by atoms with E-state index in [9.17, 15) is 0 Å². The molecule has 1 rings (SSSR count). The number of rotatable bonds is 1. The van der Waals surface area contributed by atoms with Crippen LogP contribution in [0.2, 0.25) is 0 Å². The lowest BCUT2D eigenvalue weighted by atomic mass is 10.3. The van der Waals surface area contributed by atoms with Gasteiger partial charge in [0.15, 0.2) is 5.75 Å². The maximum Gasteiger partial charge on any atom is 0.151 e. The molecule has 0 aliphatic carbocycles. The summed E-state index contributed by atoms with van der Waals surface area (Å²) >= 11 is 6.59. The maximum atomic E-state index is 5.05. The molecule has 0 aromatic carbocycles. The lowest BCUT2D eigenvalue weighted by Crippen LogP contribution is -1.89. The first kappa shape index (κ1) is 9.00. The Bertz CT molecular complexity index is 275. The van der Waals surface area contributed by atoms with Gasteiger partial charge < -0.3 is 4.74 Å². The molecule has 0 fully saturated rings. The van der Waals surface area contributed by atoms with Gasteiger partial charge in [0.25, 0.3) is 0 Å². The smallest absolute Gasteiger partial charge is 0.151 e. The normalized spacial score (nSPS) is 9.82. The molecule has 0 radical (unpaired) electrons. The van der Waals surface area contributed by atoms with Crippen LogP contribution in [0, 0.1) is 6.92 Å². The van der Waals surface area contributed by atoms with Crippen LogP contribution < -0.4 is 4.74 Å². The topological polar surface area (TPSA) is 22.1 Å². The van der Waals surface area contributed by atoms with Crippen LogP contribution >= 0.6 is 31.9 Å². The molecule has 0 aliphatic heterocycles. The highest BCUT2D eigenvalue weighted by Crippen LogP contribution is 2.27. The highest BCUT2D eigenvalue weighted by Gasteiger charge is 2.04. The Morgan fingerprint density at radius 2 is 2.00 bits per heavy atom. The molecule has 0 unspecified atom stereocenters. The van der Waals surface area contributed by atoms with Gasteiger partial charge in [-0.3, -0.25) is 0 Å². The summed E-state index contributed by atoms with van der Waals surface area (Å²) in [5, 5.41) is 0. The third-order valence-electron chi connectivity index (χ3n) is 1.29. The molecule has 0 spiro atoms. The standard InChI is InChI=1S/C7H7Br2NO/c1-4-3-5(11-2)7(9)10-6(4)8/h3H,1-2H3. The van der Waals surface area contributed by atoms with Crippen molar-refractivity contribution in [3.63, 3.8) is 0 Å². The average Bonchev–Trinajstić information content (AvgIpc) is 1.97. The third-order valence-corrected chi connectivity index (χ3v) is 2.66. The van der Waals surface area contributed by atoms with Crippen molar-refractivity contribution in [2.45, 2.75) is 6.92 Å². The van der Waals surface area contributed by atoms with Crippen molar-refractivity contribution in [3.8, 4) is 5.75 Å². The average molecular weight is 281 g/mol. The van der Waals surface area contributed by atoms with Crippen LogP contribution in [0.15, 0.2) is 15.3 Å². The molecular weight excluding hydrogens is 274 g/mol. The Kier molecular flexibility index (Phi) is 2.90. The molecule has 0 atom stereocenters.